The Hall–Kier alpha value is -3.09. The van der Waals surface area contributed by atoms with Crippen molar-refractivity contribution in [3.63, 3.8) is 0 Å². The van der Waals surface area contributed by atoms with E-state index < -0.39 is 23.8 Å². The predicted octanol–water partition coefficient (Wildman–Crippen LogP) is 6.59. The molecule has 0 saturated carbocycles. The highest BCUT2D eigenvalue weighted by atomic mass is 32.2. The van der Waals surface area contributed by atoms with Crippen LogP contribution in [0.15, 0.2) is 47.4 Å². The smallest absolute Gasteiger partial charge is 0.416 e. The van der Waals surface area contributed by atoms with Crippen molar-refractivity contribution in [3.05, 3.63) is 64.2 Å². The second-order valence-electron chi connectivity index (χ2n) is 10.2. The number of ether oxygens (including phenoxy) is 1. The number of nitrogens with zero attached hydrogens (tertiary/aromatic N) is 3. The highest BCUT2D eigenvalue weighted by molar-refractivity contribution is 7.98. The summed E-state index contributed by atoms with van der Waals surface area (Å²) in [5.41, 5.74) is 1.75. The number of thiazole rings is 1. The molecule has 1 amide bonds. The van der Waals surface area contributed by atoms with Crippen molar-refractivity contribution in [1.29, 1.82) is 0 Å². The Balaban J connectivity index is 1.56. The summed E-state index contributed by atoms with van der Waals surface area (Å²) < 4.78 is 45.0. The number of thioether (sulfide) groups is 1. The molecule has 226 valence electrons. The van der Waals surface area contributed by atoms with Crippen LogP contribution in [0, 0.1) is 0 Å². The van der Waals surface area contributed by atoms with Crippen molar-refractivity contribution in [2.45, 2.75) is 63.1 Å². The van der Waals surface area contributed by atoms with E-state index >= 15 is 0 Å². The number of amides is 1. The van der Waals surface area contributed by atoms with E-state index in [2.05, 4.69) is 4.90 Å². The van der Waals surface area contributed by atoms with Gasteiger partial charge in [-0.05, 0) is 49.2 Å². The van der Waals surface area contributed by atoms with Gasteiger partial charge in [-0.25, -0.2) is 9.78 Å². The fourth-order valence-electron chi connectivity index (χ4n) is 4.59. The number of carbonyl (C=O) groups is 2. The van der Waals surface area contributed by atoms with E-state index in [9.17, 15) is 27.9 Å². The molecule has 1 fully saturated rings. The average molecular weight is 622 g/mol. The van der Waals surface area contributed by atoms with Gasteiger partial charge in [0.05, 0.1) is 11.3 Å². The van der Waals surface area contributed by atoms with E-state index in [1.807, 2.05) is 30.0 Å². The number of hydrogen-bond acceptors (Lipinski definition) is 7. The molecule has 2 aromatic carbocycles. The Bertz CT molecular complexity index is 1390. The second kappa shape index (κ2) is 13.9. The first-order valence-corrected chi connectivity index (χ1v) is 15.5. The Morgan fingerprint density at radius 3 is 2.40 bits per heavy atom. The van der Waals surface area contributed by atoms with Gasteiger partial charge < -0.3 is 14.7 Å². The molecule has 12 heteroatoms. The van der Waals surface area contributed by atoms with E-state index in [-0.39, 0.29) is 5.91 Å². The van der Waals surface area contributed by atoms with Crippen LogP contribution in [0.4, 0.5) is 13.2 Å². The summed E-state index contributed by atoms with van der Waals surface area (Å²) in [5, 5.41) is 9.90. The highest BCUT2D eigenvalue weighted by Crippen LogP contribution is 2.37. The first-order chi connectivity index (χ1) is 19.9. The van der Waals surface area contributed by atoms with Gasteiger partial charge in [0.15, 0.2) is 6.10 Å². The summed E-state index contributed by atoms with van der Waals surface area (Å²) in [6, 6.07) is 10.8. The van der Waals surface area contributed by atoms with Gasteiger partial charge in [-0.1, -0.05) is 25.5 Å². The number of rotatable bonds is 11. The summed E-state index contributed by atoms with van der Waals surface area (Å²) in [7, 11) is 0. The van der Waals surface area contributed by atoms with Gasteiger partial charge in [0.2, 0.25) is 5.91 Å². The molecule has 42 heavy (non-hydrogen) atoms. The number of alkyl halides is 3. The first kappa shape index (κ1) is 31.8. The maximum Gasteiger partial charge on any atom is 0.416 e. The number of carboxylic acids is 1. The summed E-state index contributed by atoms with van der Waals surface area (Å²) in [6.45, 7) is 8.42. The Morgan fingerprint density at radius 2 is 1.81 bits per heavy atom. The number of halogens is 3. The fourth-order valence-corrected chi connectivity index (χ4v) is 6.73. The second-order valence-corrected chi connectivity index (χ2v) is 12.3. The minimum atomic E-state index is -4.40. The summed E-state index contributed by atoms with van der Waals surface area (Å²) in [5.74, 6) is 0.198. The topological polar surface area (TPSA) is 83.0 Å². The van der Waals surface area contributed by atoms with Crippen molar-refractivity contribution < 1.29 is 32.6 Å². The predicted molar refractivity (Wildman–Crippen MR) is 158 cm³/mol. The monoisotopic (exact) mass is 621 g/mol. The standard InChI is InChI=1S/C30H34F3N3O4S2/c1-4-5-22-16-24(10-11-26(22)40-19(2)29(38)39)41-18-27-25(17-35-12-14-36(15-13-35)20(3)37)34-28(42-27)21-6-8-23(9-7-21)30(31,32)33/h6-11,16,19H,4-5,12-15,17-18H2,1-3H3,(H,38,39). The van der Waals surface area contributed by atoms with Crippen LogP contribution in [0.5, 0.6) is 5.75 Å². The SMILES string of the molecule is CCCc1cc(SCc2sc(-c3ccc(C(F)(F)F)cc3)nc2CN2CCN(C(C)=O)CC2)ccc1OC(C)C(=O)O. The minimum Gasteiger partial charge on any atom is -0.479 e. The molecular formula is C30H34F3N3O4S2. The average Bonchev–Trinajstić information content (AvgIpc) is 3.35. The van der Waals surface area contributed by atoms with Gasteiger partial charge in [-0.3, -0.25) is 9.69 Å². The lowest BCUT2D eigenvalue weighted by Gasteiger charge is -2.33. The molecule has 0 bridgehead atoms. The molecule has 1 aliphatic rings. The van der Waals surface area contributed by atoms with Crippen LogP contribution in [0.25, 0.3) is 10.6 Å². The van der Waals surface area contributed by atoms with Crippen LogP contribution >= 0.6 is 23.1 Å². The van der Waals surface area contributed by atoms with E-state index in [1.54, 1.807) is 18.7 Å². The van der Waals surface area contributed by atoms with Gasteiger partial charge in [-0.2, -0.15) is 13.2 Å². The van der Waals surface area contributed by atoms with Crippen molar-refractivity contribution in [2.24, 2.45) is 0 Å². The molecule has 1 saturated heterocycles. The minimum absolute atomic E-state index is 0.0567. The normalized spacial score (nSPS) is 15.0. The molecule has 0 radical (unpaired) electrons. The fraction of sp³-hybridized carbons (Fsp3) is 0.433. The summed E-state index contributed by atoms with van der Waals surface area (Å²) in [6.07, 6.45) is -3.75. The largest absolute Gasteiger partial charge is 0.479 e. The van der Waals surface area contributed by atoms with Gasteiger partial charge in [0.1, 0.15) is 10.8 Å². The van der Waals surface area contributed by atoms with Gasteiger partial charge >= 0.3 is 12.1 Å². The van der Waals surface area contributed by atoms with E-state index in [1.165, 1.54) is 30.4 Å². The number of benzene rings is 2. The van der Waals surface area contributed by atoms with Crippen LogP contribution in [-0.4, -0.2) is 64.0 Å². The molecule has 3 aromatic rings. The number of aliphatic carboxylic acids is 1. The third kappa shape index (κ3) is 8.26. The van der Waals surface area contributed by atoms with Crippen molar-refractivity contribution in [3.8, 4) is 16.3 Å². The zero-order chi connectivity index (χ0) is 30.4. The highest BCUT2D eigenvalue weighted by Gasteiger charge is 2.30. The number of aryl methyl sites for hydroxylation is 1. The number of carboxylic acid groups (broad SMARTS) is 1. The number of hydrogen-bond donors (Lipinski definition) is 1. The van der Waals surface area contributed by atoms with Crippen molar-refractivity contribution in [1.82, 2.24) is 14.8 Å². The molecular weight excluding hydrogens is 587 g/mol. The number of aromatic nitrogens is 1. The lowest BCUT2D eigenvalue weighted by Crippen LogP contribution is -2.47. The van der Waals surface area contributed by atoms with Crippen LogP contribution in [0.3, 0.4) is 0 Å². The third-order valence-corrected chi connectivity index (χ3v) is 9.35. The van der Waals surface area contributed by atoms with Crippen LogP contribution in [-0.2, 0) is 34.5 Å². The molecule has 1 aromatic heterocycles. The zero-order valence-corrected chi connectivity index (χ0v) is 25.4. The Morgan fingerprint density at radius 1 is 1.12 bits per heavy atom. The van der Waals surface area contributed by atoms with Crippen LogP contribution in [0.2, 0.25) is 0 Å². The third-order valence-electron chi connectivity index (χ3n) is 7.00. The van der Waals surface area contributed by atoms with Crippen molar-refractivity contribution >= 4 is 35.0 Å². The first-order valence-electron chi connectivity index (χ1n) is 13.7. The number of carbonyl (C=O) groups excluding carboxylic acids is 1. The van der Waals surface area contributed by atoms with Crippen LogP contribution in [0.1, 0.15) is 48.9 Å². The molecule has 4 rings (SSSR count). The molecule has 2 heterocycles. The Labute approximate surface area is 251 Å². The van der Waals surface area contributed by atoms with E-state index in [0.29, 0.717) is 41.7 Å². The van der Waals surface area contributed by atoms with E-state index in [4.69, 9.17) is 9.72 Å². The van der Waals surface area contributed by atoms with Crippen molar-refractivity contribution in [2.75, 3.05) is 26.2 Å². The lowest BCUT2D eigenvalue weighted by atomic mass is 10.1. The molecule has 1 N–H and O–H groups in total. The van der Waals surface area contributed by atoms with Gasteiger partial charge in [0, 0.05) is 60.7 Å². The molecule has 0 aliphatic carbocycles. The lowest BCUT2D eigenvalue weighted by molar-refractivity contribution is -0.144. The molecule has 7 nitrogen and oxygen atoms in total. The quantitative estimate of drug-likeness (QED) is 0.242. The number of piperazine rings is 1. The maximum absolute atomic E-state index is 13.1. The van der Waals surface area contributed by atoms with Crippen LogP contribution < -0.4 is 4.74 Å². The van der Waals surface area contributed by atoms with E-state index in [0.717, 1.165) is 59.1 Å². The Kier molecular flexibility index (Phi) is 10.6. The van der Waals surface area contributed by atoms with Gasteiger partial charge in [-0.15, -0.1) is 23.1 Å². The molecule has 1 atom stereocenters. The molecule has 1 aliphatic heterocycles. The molecule has 1 unspecified atom stereocenters. The maximum atomic E-state index is 13.1. The zero-order valence-electron chi connectivity index (χ0n) is 23.7. The molecule has 0 spiro atoms. The summed E-state index contributed by atoms with van der Waals surface area (Å²) in [4.78, 5) is 34.0. The van der Waals surface area contributed by atoms with Gasteiger partial charge in [0.25, 0.3) is 0 Å². The summed E-state index contributed by atoms with van der Waals surface area (Å²) >= 11 is 3.09.